The van der Waals surface area contributed by atoms with E-state index in [1.165, 1.54) is 38.2 Å². The van der Waals surface area contributed by atoms with Crippen molar-refractivity contribution in [3.05, 3.63) is 158 Å². The SMILES string of the molecule is c1ccc(-c2c3ccccc3c(-c3cc(-c4cccc5c4oc4ccccc45)cc4oc5ccccc5c34)c3ccccc23)cc1. The second-order valence-electron chi connectivity index (χ2n) is 12.0. The monoisotopic (exact) mass is 586 g/mol. The number of para-hydroxylation sites is 3. The molecule has 2 aromatic heterocycles. The lowest BCUT2D eigenvalue weighted by Gasteiger charge is -2.19. The molecule has 0 saturated heterocycles. The summed E-state index contributed by atoms with van der Waals surface area (Å²) < 4.78 is 13.2. The van der Waals surface area contributed by atoms with E-state index in [4.69, 9.17) is 8.83 Å². The van der Waals surface area contributed by atoms with E-state index in [-0.39, 0.29) is 0 Å². The van der Waals surface area contributed by atoms with Crippen molar-refractivity contribution >= 4 is 65.4 Å². The van der Waals surface area contributed by atoms with Gasteiger partial charge in [0.2, 0.25) is 0 Å². The van der Waals surface area contributed by atoms with Gasteiger partial charge in [-0.2, -0.15) is 0 Å². The van der Waals surface area contributed by atoms with E-state index in [0.717, 1.165) is 60.6 Å². The van der Waals surface area contributed by atoms with Crippen LogP contribution in [0.25, 0.3) is 98.8 Å². The fourth-order valence-electron chi connectivity index (χ4n) is 7.52. The molecule has 0 radical (unpaired) electrons. The van der Waals surface area contributed by atoms with Gasteiger partial charge in [-0.15, -0.1) is 0 Å². The molecule has 0 amide bonds. The smallest absolute Gasteiger partial charge is 0.143 e. The molecule has 0 atom stereocenters. The first-order valence-electron chi connectivity index (χ1n) is 15.7. The van der Waals surface area contributed by atoms with E-state index >= 15 is 0 Å². The van der Waals surface area contributed by atoms with Crippen molar-refractivity contribution in [2.24, 2.45) is 0 Å². The van der Waals surface area contributed by atoms with Gasteiger partial charge < -0.3 is 8.83 Å². The zero-order chi connectivity index (χ0) is 30.2. The highest BCUT2D eigenvalue weighted by molar-refractivity contribution is 6.26. The van der Waals surface area contributed by atoms with Crippen LogP contribution in [0.15, 0.2) is 167 Å². The Hall–Kier alpha value is -6.12. The van der Waals surface area contributed by atoms with Gasteiger partial charge in [0.05, 0.1) is 0 Å². The van der Waals surface area contributed by atoms with Crippen molar-refractivity contribution in [2.75, 3.05) is 0 Å². The number of benzene rings is 8. The molecule has 8 aromatic carbocycles. The second kappa shape index (κ2) is 9.69. The largest absolute Gasteiger partial charge is 0.456 e. The molecule has 10 aromatic rings. The molecule has 2 heteroatoms. The topological polar surface area (TPSA) is 26.3 Å². The third-order valence-electron chi connectivity index (χ3n) is 9.46. The van der Waals surface area contributed by atoms with Crippen molar-refractivity contribution in [2.45, 2.75) is 0 Å². The minimum atomic E-state index is 0.863. The summed E-state index contributed by atoms with van der Waals surface area (Å²) in [6, 6.07) is 56.0. The maximum Gasteiger partial charge on any atom is 0.143 e. The third-order valence-corrected chi connectivity index (χ3v) is 9.46. The number of fused-ring (bicyclic) bond motifs is 8. The molecule has 0 aliphatic heterocycles. The van der Waals surface area contributed by atoms with E-state index in [9.17, 15) is 0 Å². The van der Waals surface area contributed by atoms with Crippen LogP contribution in [-0.2, 0) is 0 Å². The van der Waals surface area contributed by atoms with Gasteiger partial charge in [0.25, 0.3) is 0 Å². The Morgan fingerprint density at radius 2 is 0.848 bits per heavy atom. The molecule has 0 N–H and O–H groups in total. The summed E-state index contributed by atoms with van der Waals surface area (Å²) in [5.74, 6) is 0. The minimum Gasteiger partial charge on any atom is -0.456 e. The van der Waals surface area contributed by atoms with Crippen LogP contribution in [0.3, 0.4) is 0 Å². The molecular formula is C44H26O2. The predicted octanol–water partition coefficient (Wildman–Crippen LogP) is 12.8. The summed E-state index contributed by atoms with van der Waals surface area (Å²) >= 11 is 0. The Labute approximate surface area is 264 Å². The molecule has 0 fully saturated rings. The Balaban J connectivity index is 1.38. The van der Waals surface area contributed by atoms with Gasteiger partial charge in [0, 0.05) is 27.1 Å². The van der Waals surface area contributed by atoms with Crippen LogP contribution in [0.4, 0.5) is 0 Å². The van der Waals surface area contributed by atoms with Crippen LogP contribution >= 0.6 is 0 Å². The molecule has 10 rings (SSSR count). The van der Waals surface area contributed by atoms with E-state index in [2.05, 4.69) is 140 Å². The number of hydrogen-bond donors (Lipinski definition) is 0. The highest BCUT2D eigenvalue weighted by Crippen LogP contribution is 2.48. The Bertz CT molecular complexity index is 2740. The first-order chi connectivity index (χ1) is 22.8. The lowest BCUT2D eigenvalue weighted by atomic mass is 9.84. The number of rotatable bonds is 3. The lowest BCUT2D eigenvalue weighted by Crippen LogP contribution is -1.92. The highest BCUT2D eigenvalue weighted by atomic mass is 16.3. The van der Waals surface area contributed by atoms with E-state index in [0.29, 0.717) is 0 Å². The summed E-state index contributed by atoms with van der Waals surface area (Å²) in [6.07, 6.45) is 0. The van der Waals surface area contributed by atoms with Crippen molar-refractivity contribution in [1.29, 1.82) is 0 Å². The molecule has 2 heterocycles. The third kappa shape index (κ3) is 3.59. The summed E-state index contributed by atoms with van der Waals surface area (Å²) in [5.41, 5.74) is 10.5. The van der Waals surface area contributed by atoms with Gasteiger partial charge in [-0.25, -0.2) is 0 Å². The van der Waals surface area contributed by atoms with Gasteiger partial charge in [-0.3, -0.25) is 0 Å². The predicted molar refractivity (Wildman–Crippen MR) is 192 cm³/mol. The van der Waals surface area contributed by atoms with Gasteiger partial charge >= 0.3 is 0 Å². The van der Waals surface area contributed by atoms with Gasteiger partial charge in [0.1, 0.15) is 22.3 Å². The maximum absolute atomic E-state index is 6.63. The summed E-state index contributed by atoms with van der Waals surface area (Å²) in [7, 11) is 0. The average Bonchev–Trinajstić information content (AvgIpc) is 3.69. The quantitative estimate of drug-likeness (QED) is 0.193. The molecule has 0 saturated carbocycles. The number of hydrogen-bond acceptors (Lipinski definition) is 2. The average molecular weight is 587 g/mol. The molecule has 2 nitrogen and oxygen atoms in total. The summed E-state index contributed by atoms with van der Waals surface area (Å²) in [5, 5.41) is 9.36. The van der Waals surface area contributed by atoms with Gasteiger partial charge in [-0.1, -0.05) is 133 Å². The lowest BCUT2D eigenvalue weighted by molar-refractivity contribution is 0.668. The van der Waals surface area contributed by atoms with Gasteiger partial charge in [-0.05, 0) is 73.6 Å². The molecule has 0 bridgehead atoms. The summed E-state index contributed by atoms with van der Waals surface area (Å²) in [4.78, 5) is 0. The Morgan fingerprint density at radius 1 is 0.304 bits per heavy atom. The van der Waals surface area contributed by atoms with Crippen LogP contribution < -0.4 is 0 Å². The van der Waals surface area contributed by atoms with Crippen LogP contribution in [0, 0.1) is 0 Å². The fourth-order valence-corrected chi connectivity index (χ4v) is 7.52. The van der Waals surface area contributed by atoms with Gasteiger partial charge in [0.15, 0.2) is 0 Å². The second-order valence-corrected chi connectivity index (χ2v) is 12.0. The van der Waals surface area contributed by atoms with Crippen molar-refractivity contribution in [1.82, 2.24) is 0 Å². The van der Waals surface area contributed by atoms with E-state index < -0.39 is 0 Å². The first-order valence-corrected chi connectivity index (χ1v) is 15.7. The molecule has 0 aliphatic carbocycles. The molecule has 0 spiro atoms. The molecule has 46 heavy (non-hydrogen) atoms. The number of furan rings is 2. The zero-order valence-electron chi connectivity index (χ0n) is 24.8. The zero-order valence-corrected chi connectivity index (χ0v) is 24.8. The van der Waals surface area contributed by atoms with E-state index in [1.54, 1.807) is 0 Å². The fraction of sp³-hybridized carbons (Fsp3) is 0. The summed E-state index contributed by atoms with van der Waals surface area (Å²) in [6.45, 7) is 0. The van der Waals surface area contributed by atoms with E-state index in [1.807, 2.05) is 18.2 Å². The molecular weight excluding hydrogens is 560 g/mol. The molecule has 0 unspecified atom stereocenters. The Morgan fingerprint density at radius 3 is 1.54 bits per heavy atom. The van der Waals surface area contributed by atoms with Crippen LogP contribution in [0.2, 0.25) is 0 Å². The molecule has 0 aliphatic rings. The van der Waals surface area contributed by atoms with Crippen molar-refractivity contribution in [3.63, 3.8) is 0 Å². The van der Waals surface area contributed by atoms with Crippen molar-refractivity contribution < 1.29 is 8.83 Å². The van der Waals surface area contributed by atoms with Crippen molar-refractivity contribution in [3.8, 4) is 33.4 Å². The highest BCUT2D eigenvalue weighted by Gasteiger charge is 2.22. The maximum atomic E-state index is 6.63. The van der Waals surface area contributed by atoms with Crippen LogP contribution in [-0.4, -0.2) is 0 Å². The van der Waals surface area contributed by atoms with Crippen LogP contribution in [0.1, 0.15) is 0 Å². The first kappa shape index (κ1) is 25.2. The normalized spacial score (nSPS) is 11.9. The minimum absolute atomic E-state index is 0.863. The van der Waals surface area contributed by atoms with Crippen LogP contribution in [0.5, 0.6) is 0 Å². The Kier molecular flexibility index (Phi) is 5.31. The standard InChI is InChI=1S/C44H26O2/c1-2-13-27(14-3-1)41-31-16-4-6-18-33(31)42(34-19-7-5-17-32(34)41)37-25-28(26-40-43(37)36-20-9-11-24-39(36)45-40)29-21-12-22-35-30-15-8-10-23-38(30)46-44(29)35/h1-26H. The molecule has 214 valence electrons.